The quantitative estimate of drug-likeness (QED) is 0.628. The summed E-state index contributed by atoms with van der Waals surface area (Å²) in [4.78, 5) is 12.5. The van der Waals surface area contributed by atoms with Crippen molar-refractivity contribution in [3.05, 3.63) is 59.7 Å². The number of nitrogens with one attached hydrogen (secondary N) is 3. The van der Waals surface area contributed by atoms with Gasteiger partial charge in [0.2, 0.25) is 10.0 Å². The van der Waals surface area contributed by atoms with E-state index in [1.165, 1.54) is 18.6 Å². The number of rotatable bonds is 5. The third-order valence-electron chi connectivity index (χ3n) is 4.97. The van der Waals surface area contributed by atoms with E-state index in [2.05, 4.69) is 15.4 Å². The van der Waals surface area contributed by atoms with Crippen LogP contribution in [-0.2, 0) is 10.0 Å². The van der Waals surface area contributed by atoms with E-state index in [0.29, 0.717) is 11.3 Å². The van der Waals surface area contributed by atoms with Crippen LogP contribution in [0, 0.1) is 6.92 Å². The van der Waals surface area contributed by atoms with Crippen molar-refractivity contribution in [2.45, 2.75) is 50.0 Å². The second-order valence-corrected chi connectivity index (χ2v) is 9.33. The summed E-state index contributed by atoms with van der Waals surface area (Å²) < 4.78 is 27.9. The van der Waals surface area contributed by atoms with E-state index in [0.717, 1.165) is 31.2 Å². The lowest BCUT2D eigenvalue weighted by Gasteiger charge is -2.22. The van der Waals surface area contributed by atoms with Gasteiger partial charge in [0.1, 0.15) is 0 Å². The fourth-order valence-corrected chi connectivity index (χ4v) is 4.90. The molecule has 29 heavy (non-hydrogen) atoms. The summed E-state index contributed by atoms with van der Waals surface area (Å²) in [5, 5.41) is 5.69. The smallest absolute Gasteiger partial charge is 0.257 e. The fourth-order valence-electron chi connectivity index (χ4n) is 3.39. The molecule has 1 saturated carbocycles. The van der Waals surface area contributed by atoms with Crippen LogP contribution in [0.5, 0.6) is 0 Å². The van der Waals surface area contributed by atoms with Crippen molar-refractivity contribution in [2.24, 2.45) is 0 Å². The lowest BCUT2D eigenvalue weighted by molar-refractivity contribution is 0.0977. The molecule has 1 fully saturated rings. The molecule has 0 bridgehead atoms. The molecule has 0 atom stereocenters. The average Bonchev–Trinajstić information content (AvgIpc) is 2.69. The summed E-state index contributed by atoms with van der Waals surface area (Å²) in [5.74, 6) is -0.295. The minimum absolute atomic E-state index is 0.00999. The molecule has 6 nitrogen and oxygen atoms in total. The van der Waals surface area contributed by atoms with E-state index in [9.17, 15) is 13.2 Å². The van der Waals surface area contributed by atoms with Crippen LogP contribution in [0.15, 0.2) is 53.4 Å². The highest BCUT2D eigenvalue weighted by molar-refractivity contribution is 7.89. The minimum atomic E-state index is -3.55. The number of carbonyl (C=O) groups is 1. The lowest BCUT2D eigenvalue weighted by Crippen LogP contribution is -2.36. The van der Waals surface area contributed by atoms with Gasteiger partial charge >= 0.3 is 0 Å². The highest BCUT2D eigenvalue weighted by Gasteiger charge is 2.21. The van der Waals surface area contributed by atoms with Crippen LogP contribution >= 0.6 is 12.2 Å². The van der Waals surface area contributed by atoms with Gasteiger partial charge in [-0.3, -0.25) is 10.1 Å². The van der Waals surface area contributed by atoms with Crippen molar-refractivity contribution in [2.75, 3.05) is 5.32 Å². The van der Waals surface area contributed by atoms with E-state index in [4.69, 9.17) is 12.2 Å². The Kier molecular flexibility index (Phi) is 7.00. The van der Waals surface area contributed by atoms with Crippen LogP contribution in [-0.4, -0.2) is 25.5 Å². The summed E-state index contributed by atoms with van der Waals surface area (Å²) in [6.07, 6.45) is 5.05. The molecule has 0 unspecified atom stereocenters. The Hall–Kier alpha value is -2.29. The summed E-state index contributed by atoms with van der Waals surface area (Å²) >= 11 is 5.20. The van der Waals surface area contributed by atoms with Crippen molar-refractivity contribution in [3.8, 4) is 0 Å². The van der Waals surface area contributed by atoms with Gasteiger partial charge in [-0.1, -0.05) is 37.5 Å². The maximum Gasteiger partial charge on any atom is 0.257 e. The van der Waals surface area contributed by atoms with Gasteiger partial charge in [-0.25, -0.2) is 13.1 Å². The number of amides is 1. The van der Waals surface area contributed by atoms with Crippen LogP contribution in [0.2, 0.25) is 0 Å². The van der Waals surface area contributed by atoms with Crippen molar-refractivity contribution in [1.82, 2.24) is 10.0 Å². The number of hydrogen-bond donors (Lipinski definition) is 3. The minimum Gasteiger partial charge on any atom is -0.332 e. The second-order valence-electron chi connectivity index (χ2n) is 7.20. The van der Waals surface area contributed by atoms with Crippen molar-refractivity contribution >= 4 is 38.9 Å². The molecule has 0 radical (unpaired) electrons. The van der Waals surface area contributed by atoms with Crippen LogP contribution in [0.3, 0.4) is 0 Å². The molecule has 0 aliphatic heterocycles. The van der Waals surface area contributed by atoms with E-state index in [1.54, 1.807) is 24.3 Å². The molecule has 8 heteroatoms. The summed E-state index contributed by atoms with van der Waals surface area (Å²) in [7, 11) is -3.55. The fraction of sp³-hybridized carbons (Fsp3) is 0.333. The van der Waals surface area contributed by atoms with Gasteiger partial charge in [0.25, 0.3) is 5.91 Å². The zero-order valence-electron chi connectivity index (χ0n) is 16.3. The molecular formula is C21H25N3O3S2. The maximum absolute atomic E-state index is 12.6. The van der Waals surface area contributed by atoms with E-state index in [1.807, 2.05) is 19.1 Å². The van der Waals surface area contributed by atoms with Crippen molar-refractivity contribution in [1.29, 1.82) is 0 Å². The van der Waals surface area contributed by atoms with E-state index in [-0.39, 0.29) is 22.0 Å². The van der Waals surface area contributed by atoms with E-state index >= 15 is 0 Å². The Morgan fingerprint density at radius 3 is 2.31 bits per heavy atom. The normalized spacial score (nSPS) is 14.9. The van der Waals surface area contributed by atoms with Gasteiger partial charge < -0.3 is 5.32 Å². The second kappa shape index (κ2) is 9.47. The third kappa shape index (κ3) is 5.85. The molecule has 1 aliphatic rings. The molecule has 0 saturated heterocycles. The maximum atomic E-state index is 12.6. The first-order valence-corrected chi connectivity index (χ1v) is 11.5. The summed E-state index contributed by atoms with van der Waals surface area (Å²) in [5.41, 5.74) is 2.00. The zero-order chi connectivity index (χ0) is 20.9. The number of aryl methyl sites for hydroxylation is 1. The Morgan fingerprint density at radius 2 is 1.66 bits per heavy atom. The monoisotopic (exact) mass is 431 g/mol. The van der Waals surface area contributed by atoms with Crippen molar-refractivity contribution < 1.29 is 13.2 Å². The van der Waals surface area contributed by atoms with Crippen molar-refractivity contribution in [3.63, 3.8) is 0 Å². The topological polar surface area (TPSA) is 87.3 Å². The Morgan fingerprint density at radius 1 is 1.00 bits per heavy atom. The third-order valence-corrected chi connectivity index (χ3v) is 6.71. The Labute approximate surface area is 177 Å². The zero-order valence-corrected chi connectivity index (χ0v) is 17.9. The van der Waals surface area contributed by atoms with Gasteiger partial charge in [-0.05, 0) is 67.9 Å². The molecule has 0 spiro atoms. The van der Waals surface area contributed by atoms with Crippen LogP contribution in [0.25, 0.3) is 0 Å². The Bertz CT molecular complexity index is 982. The summed E-state index contributed by atoms with van der Waals surface area (Å²) in [6.45, 7) is 1.85. The number of benzene rings is 2. The van der Waals surface area contributed by atoms with Crippen LogP contribution in [0.4, 0.5) is 5.69 Å². The molecule has 0 heterocycles. The van der Waals surface area contributed by atoms with Gasteiger partial charge in [0.05, 0.1) is 4.90 Å². The first-order valence-electron chi connectivity index (χ1n) is 9.65. The van der Waals surface area contributed by atoms with E-state index < -0.39 is 10.0 Å². The number of thiocarbonyl (C=S) groups is 1. The molecule has 2 aromatic carbocycles. The summed E-state index contributed by atoms with van der Waals surface area (Å²) in [6, 6.07) is 13.6. The molecule has 2 aromatic rings. The molecule has 3 N–H and O–H groups in total. The molecule has 1 amide bonds. The standard InChI is InChI=1S/C21H25N3O3S2/c1-15-7-5-6-10-19(15)20(25)23-21(28)22-16-11-13-18(14-12-16)29(26,27)24-17-8-3-2-4-9-17/h5-7,10-14,17,24H,2-4,8-9H2,1H3,(H2,22,23,25,28). The predicted octanol–water partition coefficient (Wildman–Crippen LogP) is 3.73. The van der Waals surface area contributed by atoms with Gasteiger partial charge in [0, 0.05) is 17.3 Å². The molecule has 3 rings (SSSR count). The average molecular weight is 432 g/mol. The molecule has 154 valence electrons. The predicted molar refractivity (Wildman–Crippen MR) is 119 cm³/mol. The highest BCUT2D eigenvalue weighted by Crippen LogP contribution is 2.21. The number of carbonyl (C=O) groups excluding carboxylic acids is 1. The number of anilines is 1. The van der Waals surface area contributed by atoms with Gasteiger partial charge in [0.15, 0.2) is 5.11 Å². The molecule has 0 aromatic heterocycles. The molecule has 1 aliphatic carbocycles. The lowest BCUT2D eigenvalue weighted by atomic mass is 9.96. The first kappa shape index (κ1) is 21.4. The molecular weight excluding hydrogens is 406 g/mol. The van der Waals surface area contributed by atoms with Gasteiger partial charge in [-0.2, -0.15) is 0 Å². The number of hydrogen-bond acceptors (Lipinski definition) is 4. The van der Waals surface area contributed by atoms with Crippen LogP contribution < -0.4 is 15.4 Å². The highest BCUT2D eigenvalue weighted by atomic mass is 32.2. The largest absolute Gasteiger partial charge is 0.332 e. The number of sulfonamides is 1. The SMILES string of the molecule is Cc1ccccc1C(=O)NC(=S)Nc1ccc(S(=O)(=O)NC2CCCCC2)cc1. The first-order chi connectivity index (χ1) is 13.8. The van der Waals surface area contributed by atoms with Crippen LogP contribution in [0.1, 0.15) is 48.0 Å². The van der Waals surface area contributed by atoms with Gasteiger partial charge in [-0.15, -0.1) is 0 Å². The Balaban J connectivity index is 1.59.